The first-order valence-electron chi connectivity index (χ1n) is 13.1. The monoisotopic (exact) mass is 475 g/mol. The molecule has 4 N–H and O–H groups in total. The zero-order valence-electron chi connectivity index (χ0n) is 20.5. The Balaban J connectivity index is 1.20. The van der Waals surface area contributed by atoms with Crippen molar-refractivity contribution >= 4 is 17.7 Å². The van der Waals surface area contributed by atoms with Gasteiger partial charge in [-0.05, 0) is 94.8 Å². The molecule has 1 heterocycles. The summed E-state index contributed by atoms with van der Waals surface area (Å²) in [6, 6.07) is 6.63. The predicted octanol–water partition coefficient (Wildman–Crippen LogP) is 3.68. The summed E-state index contributed by atoms with van der Waals surface area (Å²) in [5.74, 6) is 1.49. The molecule has 33 heavy (non-hydrogen) atoms. The summed E-state index contributed by atoms with van der Waals surface area (Å²) in [7, 11) is 0. The summed E-state index contributed by atoms with van der Waals surface area (Å²) in [4.78, 5) is 16.9. The van der Waals surface area contributed by atoms with Gasteiger partial charge in [-0.3, -0.25) is 15.1 Å². The van der Waals surface area contributed by atoms with Crippen molar-refractivity contribution in [2.45, 2.75) is 82.2 Å². The molecule has 1 amide bonds. The van der Waals surface area contributed by atoms with Gasteiger partial charge >= 0.3 is 0 Å². The van der Waals surface area contributed by atoms with E-state index in [1.807, 2.05) is 24.5 Å². The quantitative estimate of drug-likeness (QED) is 0.243. The highest BCUT2D eigenvalue weighted by atomic mass is 32.2. The summed E-state index contributed by atoms with van der Waals surface area (Å²) >= 11 is 1.54. The smallest absolute Gasteiger partial charge is 0.247 e. The highest BCUT2D eigenvalue weighted by molar-refractivity contribution is 7.99. The van der Waals surface area contributed by atoms with Crippen molar-refractivity contribution in [3.63, 3.8) is 0 Å². The number of amides is 1. The summed E-state index contributed by atoms with van der Waals surface area (Å²) in [5.41, 5.74) is 0.955. The Morgan fingerprint density at radius 1 is 1.03 bits per heavy atom. The van der Waals surface area contributed by atoms with Gasteiger partial charge in [-0.15, -0.1) is 11.8 Å². The largest absolute Gasteiger partial charge is 0.354 e. The molecule has 0 spiro atoms. The van der Waals surface area contributed by atoms with E-state index in [2.05, 4.69) is 26.3 Å². The van der Waals surface area contributed by atoms with Crippen LogP contribution in [-0.4, -0.2) is 54.7 Å². The topological polar surface area (TPSA) is 78.1 Å². The van der Waals surface area contributed by atoms with E-state index >= 15 is 0 Å². The molecular formula is C26H45N5OS. The van der Waals surface area contributed by atoms with Gasteiger partial charge in [0.15, 0.2) is 0 Å². The summed E-state index contributed by atoms with van der Waals surface area (Å²) < 4.78 is 0. The Kier molecular flexibility index (Phi) is 12.6. The molecular weight excluding hydrogens is 430 g/mol. The molecule has 0 bridgehead atoms. The number of aromatic nitrogens is 1. The molecule has 1 aromatic rings. The lowest BCUT2D eigenvalue weighted by atomic mass is 9.82. The minimum atomic E-state index is -0.236. The molecule has 2 fully saturated rings. The molecule has 0 aliphatic heterocycles. The lowest BCUT2D eigenvalue weighted by Crippen LogP contribution is -2.43. The number of rotatable bonds is 14. The minimum Gasteiger partial charge on any atom is -0.354 e. The lowest BCUT2D eigenvalue weighted by Gasteiger charge is -2.29. The number of hydrogen-bond donors (Lipinski definition) is 4. The van der Waals surface area contributed by atoms with Crippen LogP contribution in [0.2, 0.25) is 0 Å². The van der Waals surface area contributed by atoms with Crippen LogP contribution >= 0.6 is 11.8 Å². The zero-order valence-corrected chi connectivity index (χ0v) is 21.3. The number of nitrogens with one attached hydrogen (secondary N) is 4. The SMILES string of the molecule is CS[C@H](NCc1ccccn1)C(=O)NC[C@H]1CC[C@H](CNCCCNC2CCCCC2)CC1. The average molecular weight is 476 g/mol. The van der Waals surface area contributed by atoms with E-state index in [1.165, 1.54) is 64.2 Å². The molecule has 1 atom stereocenters. The van der Waals surface area contributed by atoms with Gasteiger partial charge in [0, 0.05) is 25.3 Å². The first-order valence-corrected chi connectivity index (χ1v) is 14.4. The molecule has 3 rings (SSSR count). The summed E-state index contributed by atoms with van der Waals surface area (Å²) in [6.45, 7) is 4.83. The first-order chi connectivity index (χ1) is 16.2. The van der Waals surface area contributed by atoms with Gasteiger partial charge in [-0.25, -0.2) is 0 Å². The van der Waals surface area contributed by atoms with Gasteiger partial charge in [-0.1, -0.05) is 25.3 Å². The van der Waals surface area contributed by atoms with Crippen molar-refractivity contribution in [1.29, 1.82) is 0 Å². The minimum absolute atomic E-state index is 0.0871. The second kappa shape index (κ2) is 15.7. The van der Waals surface area contributed by atoms with E-state index in [4.69, 9.17) is 0 Å². The van der Waals surface area contributed by atoms with Crippen LogP contribution in [-0.2, 0) is 11.3 Å². The zero-order chi connectivity index (χ0) is 23.1. The summed E-state index contributed by atoms with van der Waals surface area (Å²) in [5, 5.41) is 13.7. The molecule has 7 heteroatoms. The van der Waals surface area contributed by atoms with Crippen LogP contribution in [0.15, 0.2) is 24.4 Å². The Morgan fingerprint density at radius 3 is 2.48 bits per heavy atom. The van der Waals surface area contributed by atoms with Gasteiger partial charge in [0.1, 0.15) is 5.37 Å². The lowest BCUT2D eigenvalue weighted by molar-refractivity contribution is -0.121. The maximum Gasteiger partial charge on any atom is 0.247 e. The highest BCUT2D eigenvalue weighted by Gasteiger charge is 2.23. The molecule has 2 aliphatic rings. The van der Waals surface area contributed by atoms with Crippen molar-refractivity contribution in [3.8, 4) is 0 Å². The average Bonchev–Trinajstić information content (AvgIpc) is 2.87. The molecule has 1 aromatic heterocycles. The van der Waals surface area contributed by atoms with Crippen molar-refractivity contribution < 1.29 is 4.79 Å². The second-order valence-electron chi connectivity index (χ2n) is 9.80. The maximum atomic E-state index is 12.6. The Hall–Kier alpha value is -1.15. The van der Waals surface area contributed by atoms with Crippen molar-refractivity contribution in [1.82, 2.24) is 26.3 Å². The van der Waals surface area contributed by atoms with Crippen molar-refractivity contribution in [2.75, 3.05) is 32.4 Å². The molecule has 0 radical (unpaired) electrons. The van der Waals surface area contributed by atoms with Gasteiger partial charge in [-0.2, -0.15) is 0 Å². The third kappa shape index (κ3) is 10.3. The molecule has 2 saturated carbocycles. The number of carbonyl (C=O) groups is 1. The van der Waals surface area contributed by atoms with Gasteiger partial charge < -0.3 is 16.0 Å². The van der Waals surface area contributed by atoms with Crippen LogP contribution in [0.5, 0.6) is 0 Å². The number of carbonyl (C=O) groups excluding carboxylic acids is 1. The number of thioether (sulfide) groups is 1. The molecule has 0 unspecified atom stereocenters. The number of pyridine rings is 1. The van der Waals surface area contributed by atoms with E-state index < -0.39 is 0 Å². The molecule has 0 aromatic carbocycles. The van der Waals surface area contributed by atoms with E-state index in [1.54, 1.807) is 18.0 Å². The van der Waals surface area contributed by atoms with Crippen LogP contribution in [0.4, 0.5) is 0 Å². The standard InChI is InChI=1S/C26H45N5OS/c1-33-26(31-20-24-10-5-6-16-29-24)25(32)30-19-22-13-11-21(12-14-22)18-27-15-7-17-28-23-8-3-2-4-9-23/h5-6,10,16,21-23,26-28,31H,2-4,7-9,11-15,17-20H2,1H3,(H,30,32)/t21-,22-,26-/m0/s1. The number of hydrogen-bond acceptors (Lipinski definition) is 6. The van der Waals surface area contributed by atoms with Crippen LogP contribution in [0.25, 0.3) is 0 Å². The van der Waals surface area contributed by atoms with E-state index in [9.17, 15) is 4.79 Å². The van der Waals surface area contributed by atoms with Gasteiger partial charge in [0.2, 0.25) is 5.91 Å². The molecule has 2 aliphatic carbocycles. The maximum absolute atomic E-state index is 12.6. The number of nitrogens with zero attached hydrogens (tertiary/aromatic N) is 1. The Morgan fingerprint density at radius 2 is 1.79 bits per heavy atom. The van der Waals surface area contributed by atoms with Crippen LogP contribution in [0.3, 0.4) is 0 Å². The summed E-state index contributed by atoms with van der Waals surface area (Å²) in [6.07, 6.45) is 17.0. The second-order valence-corrected chi connectivity index (χ2v) is 10.7. The fraction of sp³-hybridized carbons (Fsp3) is 0.769. The van der Waals surface area contributed by atoms with Crippen molar-refractivity contribution in [2.24, 2.45) is 11.8 Å². The third-order valence-corrected chi connectivity index (χ3v) is 8.05. The first kappa shape index (κ1) is 26.5. The fourth-order valence-corrected chi connectivity index (χ4v) is 5.64. The fourth-order valence-electron chi connectivity index (χ4n) is 5.09. The van der Waals surface area contributed by atoms with Crippen LogP contribution in [0.1, 0.15) is 69.9 Å². The Labute approximate surface area is 205 Å². The van der Waals surface area contributed by atoms with Gasteiger partial charge in [0.25, 0.3) is 0 Å². The van der Waals surface area contributed by atoms with E-state index in [-0.39, 0.29) is 11.3 Å². The van der Waals surface area contributed by atoms with E-state index in [0.717, 1.165) is 43.8 Å². The Bertz CT molecular complexity index is 647. The normalized spacial score (nSPS) is 22.7. The molecule has 0 saturated heterocycles. The van der Waals surface area contributed by atoms with Gasteiger partial charge in [0.05, 0.1) is 5.69 Å². The van der Waals surface area contributed by atoms with E-state index in [0.29, 0.717) is 12.5 Å². The molecule has 186 valence electrons. The highest BCUT2D eigenvalue weighted by Crippen LogP contribution is 2.28. The third-order valence-electron chi connectivity index (χ3n) is 7.20. The predicted molar refractivity (Wildman–Crippen MR) is 139 cm³/mol. The van der Waals surface area contributed by atoms with Crippen LogP contribution < -0.4 is 21.3 Å². The van der Waals surface area contributed by atoms with Crippen molar-refractivity contribution in [3.05, 3.63) is 30.1 Å². The van der Waals surface area contributed by atoms with Crippen LogP contribution in [0, 0.1) is 11.8 Å². The molecule has 6 nitrogen and oxygen atoms in total.